The maximum Gasteiger partial charge on any atom is 0.264 e. The van der Waals surface area contributed by atoms with E-state index in [0.717, 1.165) is 25.9 Å². The van der Waals surface area contributed by atoms with E-state index in [0.29, 0.717) is 33.7 Å². The lowest BCUT2D eigenvalue weighted by atomic mass is 10.2. The van der Waals surface area contributed by atoms with Crippen molar-refractivity contribution in [1.82, 2.24) is 24.4 Å². The van der Waals surface area contributed by atoms with E-state index in [2.05, 4.69) is 30.5 Å². The van der Waals surface area contributed by atoms with Crippen LogP contribution in [0.4, 0.5) is 21.8 Å². The van der Waals surface area contributed by atoms with Crippen LogP contribution in [0.1, 0.15) is 12.8 Å². The largest absolute Gasteiger partial charge is 0.456 e. The first-order valence-corrected chi connectivity index (χ1v) is 12.1. The zero-order valence-electron chi connectivity index (χ0n) is 20.0. The summed E-state index contributed by atoms with van der Waals surface area (Å²) >= 11 is 5.47. The molecule has 5 rings (SSSR count). The number of rotatable bonds is 6. The molecule has 1 aromatic carbocycles. The van der Waals surface area contributed by atoms with Crippen LogP contribution < -0.4 is 20.9 Å². The molecule has 0 saturated carbocycles. The molecular weight excluding hydrogens is 493 g/mol. The topological polar surface area (TPSA) is 97.2 Å². The molecule has 9 nitrogen and oxygen atoms in total. The van der Waals surface area contributed by atoms with E-state index in [-0.39, 0.29) is 17.2 Å². The van der Waals surface area contributed by atoms with Gasteiger partial charge in [-0.05, 0) is 55.4 Å². The van der Waals surface area contributed by atoms with Crippen molar-refractivity contribution in [2.24, 2.45) is 7.05 Å². The summed E-state index contributed by atoms with van der Waals surface area (Å²) in [5, 5.41) is 6.65. The van der Waals surface area contributed by atoms with Crippen molar-refractivity contribution in [1.29, 1.82) is 0 Å². The first-order chi connectivity index (χ1) is 18.0. The Hall–Kier alpha value is -4.38. The van der Waals surface area contributed by atoms with Gasteiger partial charge in [0.15, 0.2) is 5.11 Å². The molecule has 11 heteroatoms. The average molecular weight is 518 g/mol. The smallest absolute Gasteiger partial charge is 0.264 e. The molecule has 4 heterocycles. The monoisotopic (exact) mass is 517 g/mol. The number of benzene rings is 1. The van der Waals surface area contributed by atoms with E-state index in [9.17, 15) is 9.18 Å². The van der Waals surface area contributed by atoms with E-state index < -0.39 is 5.82 Å². The number of nitrogens with zero attached hydrogens (tertiary/aromatic N) is 5. The van der Waals surface area contributed by atoms with Gasteiger partial charge in [0.1, 0.15) is 23.1 Å². The fraction of sp³-hybridized carbons (Fsp3) is 0.192. The van der Waals surface area contributed by atoms with Gasteiger partial charge in [0.2, 0.25) is 5.95 Å². The number of nitrogens with one attached hydrogen (secondary N) is 2. The van der Waals surface area contributed by atoms with Crippen molar-refractivity contribution in [2.75, 3.05) is 23.7 Å². The van der Waals surface area contributed by atoms with Crippen LogP contribution in [0.2, 0.25) is 0 Å². The lowest BCUT2D eigenvalue weighted by Crippen LogP contribution is -2.32. The molecule has 0 bridgehead atoms. The van der Waals surface area contributed by atoms with Gasteiger partial charge in [-0.25, -0.2) is 14.4 Å². The molecule has 2 N–H and O–H groups in total. The molecular formula is C26H24FN7O2S. The summed E-state index contributed by atoms with van der Waals surface area (Å²) in [6.45, 7) is 1.90. The van der Waals surface area contributed by atoms with Crippen molar-refractivity contribution in [2.45, 2.75) is 12.8 Å². The lowest BCUT2D eigenvalue weighted by molar-refractivity contribution is 0.480. The molecule has 0 aliphatic carbocycles. The van der Waals surface area contributed by atoms with Crippen molar-refractivity contribution < 1.29 is 9.13 Å². The van der Waals surface area contributed by atoms with Gasteiger partial charge in [-0.2, -0.15) is 0 Å². The third-order valence-corrected chi connectivity index (χ3v) is 6.26. The Balaban J connectivity index is 1.28. The fourth-order valence-corrected chi connectivity index (χ4v) is 4.19. The van der Waals surface area contributed by atoms with Crippen molar-refractivity contribution in [3.63, 3.8) is 0 Å². The van der Waals surface area contributed by atoms with Gasteiger partial charge in [0.25, 0.3) is 5.56 Å². The van der Waals surface area contributed by atoms with E-state index in [1.54, 1.807) is 55.7 Å². The van der Waals surface area contributed by atoms with Crippen LogP contribution in [0, 0.1) is 5.82 Å². The van der Waals surface area contributed by atoms with Gasteiger partial charge < -0.3 is 20.3 Å². The number of aromatic nitrogens is 4. The highest BCUT2D eigenvalue weighted by molar-refractivity contribution is 7.80. The first-order valence-electron chi connectivity index (χ1n) is 11.7. The summed E-state index contributed by atoms with van der Waals surface area (Å²) in [5.41, 5.74) is 0.642. The Kier molecular flexibility index (Phi) is 7.04. The van der Waals surface area contributed by atoms with Gasteiger partial charge in [-0.3, -0.25) is 14.3 Å². The Bertz CT molecular complexity index is 1490. The second-order valence-electron chi connectivity index (χ2n) is 8.45. The summed E-state index contributed by atoms with van der Waals surface area (Å²) in [6.07, 6.45) is 6.86. The quantitative estimate of drug-likeness (QED) is 0.353. The maximum atomic E-state index is 14.0. The molecule has 1 aliphatic rings. The van der Waals surface area contributed by atoms with E-state index in [4.69, 9.17) is 17.0 Å². The SMILES string of the molecule is Cn1c(Nc2ccccc2F)ncc(-c2ccc(Oc3ccnc(NC(=S)N4CCCC4)c3)cn2)c1=O. The predicted octanol–water partition coefficient (Wildman–Crippen LogP) is 4.70. The number of ether oxygens (including phenoxy) is 1. The zero-order chi connectivity index (χ0) is 25.8. The van der Waals surface area contributed by atoms with Crippen molar-refractivity contribution in [3.05, 3.63) is 83.3 Å². The van der Waals surface area contributed by atoms with Crippen LogP contribution in [0.15, 0.2) is 71.9 Å². The van der Waals surface area contributed by atoms with E-state index >= 15 is 0 Å². The van der Waals surface area contributed by atoms with Crippen molar-refractivity contribution in [3.8, 4) is 22.8 Å². The summed E-state index contributed by atoms with van der Waals surface area (Å²) in [6, 6.07) is 13.1. The number of likely N-dealkylation sites (tertiary alicyclic amines) is 1. The minimum atomic E-state index is -0.440. The number of anilines is 3. The Morgan fingerprint density at radius 3 is 2.59 bits per heavy atom. The number of halogens is 1. The lowest BCUT2D eigenvalue weighted by Gasteiger charge is -2.19. The molecule has 0 amide bonds. The van der Waals surface area contributed by atoms with Gasteiger partial charge in [-0.1, -0.05) is 12.1 Å². The van der Waals surface area contributed by atoms with E-state index in [1.807, 2.05) is 0 Å². The molecule has 4 aromatic rings. The molecule has 0 radical (unpaired) electrons. The number of pyridine rings is 2. The second kappa shape index (κ2) is 10.7. The van der Waals surface area contributed by atoms with Crippen molar-refractivity contribution >= 4 is 34.8 Å². The van der Waals surface area contributed by atoms with Gasteiger partial charge in [0, 0.05) is 38.6 Å². The molecule has 0 unspecified atom stereocenters. The number of hydrogen-bond donors (Lipinski definition) is 2. The predicted molar refractivity (Wildman–Crippen MR) is 144 cm³/mol. The number of para-hydroxylation sites is 1. The molecule has 188 valence electrons. The molecule has 1 saturated heterocycles. The molecule has 0 atom stereocenters. The zero-order valence-corrected chi connectivity index (χ0v) is 20.8. The van der Waals surface area contributed by atoms with Gasteiger partial charge in [-0.15, -0.1) is 0 Å². The highest BCUT2D eigenvalue weighted by Crippen LogP contribution is 2.25. The van der Waals surface area contributed by atoms with Crippen LogP contribution >= 0.6 is 12.2 Å². The summed E-state index contributed by atoms with van der Waals surface area (Å²) in [4.78, 5) is 28.1. The summed E-state index contributed by atoms with van der Waals surface area (Å²) in [5.74, 6) is 1.43. The van der Waals surface area contributed by atoms with Crippen LogP contribution in [0.25, 0.3) is 11.3 Å². The highest BCUT2D eigenvalue weighted by atomic mass is 32.1. The van der Waals surface area contributed by atoms with Crippen LogP contribution in [-0.2, 0) is 7.05 Å². The third kappa shape index (κ3) is 5.56. The molecule has 1 fully saturated rings. The minimum Gasteiger partial charge on any atom is -0.456 e. The first kappa shape index (κ1) is 24.3. The van der Waals surface area contributed by atoms with Crippen LogP contribution in [0.3, 0.4) is 0 Å². The maximum absolute atomic E-state index is 14.0. The average Bonchev–Trinajstić information content (AvgIpc) is 3.45. The normalized spacial score (nSPS) is 12.9. The van der Waals surface area contributed by atoms with Crippen LogP contribution in [-0.4, -0.2) is 42.6 Å². The number of thiocarbonyl (C=S) groups is 1. The van der Waals surface area contributed by atoms with Gasteiger partial charge in [0.05, 0.1) is 23.1 Å². The standard InChI is InChI=1S/C26H24FN7O2S/c1-33-24(35)19(16-30-25(33)31-22-7-3-2-6-20(22)27)21-9-8-18(15-29-21)36-17-10-11-28-23(14-17)32-26(37)34-12-4-5-13-34/h2-3,6-11,14-16H,4-5,12-13H2,1H3,(H,30,31)(H,28,32,37). The number of hydrogen-bond acceptors (Lipinski definition) is 7. The highest BCUT2D eigenvalue weighted by Gasteiger charge is 2.16. The minimum absolute atomic E-state index is 0.213. The molecule has 3 aromatic heterocycles. The third-order valence-electron chi connectivity index (χ3n) is 5.90. The van der Waals surface area contributed by atoms with E-state index in [1.165, 1.54) is 23.0 Å². The van der Waals surface area contributed by atoms with Crippen LogP contribution in [0.5, 0.6) is 11.5 Å². The molecule has 1 aliphatic heterocycles. The Morgan fingerprint density at radius 2 is 1.84 bits per heavy atom. The Labute approximate surface area is 218 Å². The Morgan fingerprint density at radius 1 is 1.03 bits per heavy atom. The fourth-order valence-electron chi connectivity index (χ4n) is 3.91. The molecule has 0 spiro atoms. The summed E-state index contributed by atoms with van der Waals surface area (Å²) in [7, 11) is 1.56. The molecule has 37 heavy (non-hydrogen) atoms. The van der Waals surface area contributed by atoms with Gasteiger partial charge >= 0.3 is 0 Å². The second-order valence-corrected chi connectivity index (χ2v) is 8.83. The summed E-state index contributed by atoms with van der Waals surface area (Å²) < 4.78 is 21.2.